The highest BCUT2D eigenvalue weighted by atomic mass is 16.5. The summed E-state index contributed by atoms with van der Waals surface area (Å²) in [7, 11) is 2.11. The number of hydrogen-bond acceptors (Lipinski definition) is 9. The van der Waals surface area contributed by atoms with E-state index in [2.05, 4.69) is 22.1 Å². The Morgan fingerprint density at radius 2 is 2.00 bits per heavy atom. The van der Waals surface area contributed by atoms with Crippen molar-refractivity contribution in [1.82, 2.24) is 29.6 Å². The fourth-order valence-electron chi connectivity index (χ4n) is 6.41. The molecular weight excluding hydrogens is 472 g/mol. The number of carbonyl (C=O) groups excluding carboxylic acids is 1. The number of rotatable bonds is 5. The summed E-state index contributed by atoms with van der Waals surface area (Å²) in [6.07, 6.45) is 12.2. The Hall–Kier alpha value is -3.40. The van der Waals surface area contributed by atoms with Crippen LogP contribution in [0.25, 0.3) is 17.3 Å². The Kier molecular flexibility index (Phi) is 6.14. The molecule has 1 aliphatic heterocycles. The monoisotopic (exact) mass is 504 g/mol. The summed E-state index contributed by atoms with van der Waals surface area (Å²) in [6, 6.07) is 1.96. The van der Waals surface area contributed by atoms with Crippen molar-refractivity contribution < 1.29 is 14.1 Å². The van der Waals surface area contributed by atoms with Gasteiger partial charge < -0.3 is 9.26 Å². The van der Waals surface area contributed by atoms with E-state index in [1.165, 1.54) is 17.0 Å². The van der Waals surface area contributed by atoms with Crippen LogP contribution in [0.3, 0.4) is 0 Å². The molecule has 0 radical (unpaired) electrons. The molecule has 2 aliphatic carbocycles. The molecule has 1 saturated heterocycles. The fourth-order valence-corrected chi connectivity index (χ4v) is 6.41. The minimum Gasteiger partial charge on any atom is -0.473 e. The molecule has 0 bridgehead atoms. The summed E-state index contributed by atoms with van der Waals surface area (Å²) < 4.78 is 13.7. The largest absolute Gasteiger partial charge is 0.473 e. The lowest BCUT2D eigenvalue weighted by atomic mass is 9.64. The molecule has 0 N–H and O–H groups in total. The molecule has 37 heavy (non-hydrogen) atoms. The lowest BCUT2D eigenvalue weighted by Crippen LogP contribution is -2.41. The molecule has 10 nitrogen and oxygen atoms in total. The quantitative estimate of drug-likeness (QED) is 0.516. The molecule has 0 amide bonds. The van der Waals surface area contributed by atoms with Crippen LogP contribution in [0.2, 0.25) is 0 Å². The van der Waals surface area contributed by atoms with E-state index in [1.54, 1.807) is 12.3 Å². The van der Waals surface area contributed by atoms with Crippen LogP contribution in [0, 0.1) is 0 Å². The third-order valence-electron chi connectivity index (χ3n) is 8.34. The number of carbonyl (C=O) groups is 1. The van der Waals surface area contributed by atoms with Gasteiger partial charge in [0.2, 0.25) is 5.88 Å². The van der Waals surface area contributed by atoms with E-state index in [-0.39, 0.29) is 23.5 Å². The van der Waals surface area contributed by atoms with Crippen LogP contribution >= 0.6 is 0 Å². The predicted molar refractivity (Wildman–Crippen MR) is 135 cm³/mol. The van der Waals surface area contributed by atoms with E-state index in [1.807, 2.05) is 6.92 Å². The Morgan fingerprint density at radius 3 is 2.78 bits per heavy atom. The summed E-state index contributed by atoms with van der Waals surface area (Å²) in [5.41, 5.74) is 0.523. The molecule has 0 unspecified atom stereocenters. The Labute approximate surface area is 215 Å². The van der Waals surface area contributed by atoms with Gasteiger partial charge in [-0.25, -0.2) is 4.98 Å². The average Bonchev–Trinajstić information content (AvgIpc) is 3.53. The van der Waals surface area contributed by atoms with E-state index in [0.717, 1.165) is 63.5 Å². The first kappa shape index (κ1) is 24.0. The smallest absolute Gasteiger partial charge is 0.274 e. The van der Waals surface area contributed by atoms with Crippen LogP contribution in [0.15, 0.2) is 34.0 Å². The van der Waals surface area contributed by atoms with Gasteiger partial charge in [0.15, 0.2) is 17.3 Å². The predicted octanol–water partition coefficient (Wildman–Crippen LogP) is 3.26. The minimum atomic E-state index is -0.586. The van der Waals surface area contributed by atoms with Crippen molar-refractivity contribution in [1.29, 1.82) is 0 Å². The molecule has 2 fully saturated rings. The zero-order valence-corrected chi connectivity index (χ0v) is 21.4. The topological polar surface area (TPSA) is 116 Å². The normalized spacial score (nSPS) is 24.8. The van der Waals surface area contributed by atoms with E-state index < -0.39 is 5.41 Å². The fraction of sp³-hybridized carbons (Fsp3) is 0.556. The first-order valence-electron chi connectivity index (χ1n) is 13.3. The van der Waals surface area contributed by atoms with E-state index >= 15 is 0 Å². The maximum absolute atomic E-state index is 13.1. The third-order valence-corrected chi connectivity index (χ3v) is 8.34. The van der Waals surface area contributed by atoms with Gasteiger partial charge in [0.05, 0.1) is 11.6 Å². The van der Waals surface area contributed by atoms with Gasteiger partial charge in [-0.2, -0.15) is 4.98 Å². The van der Waals surface area contributed by atoms with Crippen LogP contribution in [0.1, 0.15) is 69.6 Å². The Morgan fingerprint density at radius 1 is 1.14 bits per heavy atom. The van der Waals surface area contributed by atoms with Gasteiger partial charge in [-0.3, -0.25) is 24.0 Å². The lowest BCUT2D eigenvalue weighted by molar-refractivity contribution is -0.128. The van der Waals surface area contributed by atoms with Crippen molar-refractivity contribution in [2.24, 2.45) is 0 Å². The highest BCUT2D eigenvalue weighted by Gasteiger charge is 2.48. The maximum atomic E-state index is 13.1. The van der Waals surface area contributed by atoms with E-state index in [9.17, 15) is 9.59 Å². The number of ketones is 1. The van der Waals surface area contributed by atoms with Gasteiger partial charge in [0.25, 0.3) is 5.56 Å². The van der Waals surface area contributed by atoms with E-state index in [0.29, 0.717) is 35.4 Å². The third kappa shape index (κ3) is 4.17. The van der Waals surface area contributed by atoms with Crippen LogP contribution in [0.4, 0.5) is 0 Å². The second-order valence-corrected chi connectivity index (χ2v) is 10.6. The zero-order valence-electron chi connectivity index (χ0n) is 21.4. The highest BCUT2D eigenvalue weighted by molar-refractivity contribution is 5.91. The van der Waals surface area contributed by atoms with Gasteiger partial charge >= 0.3 is 0 Å². The molecule has 1 saturated carbocycles. The maximum Gasteiger partial charge on any atom is 0.274 e. The number of fused-ring (bicyclic) bond motifs is 2. The van der Waals surface area contributed by atoms with E-state index in [4.69, 9.17) is 19.2 Å². The number of Topliss-reactive ketones (excluding diaryl/α,β-unsaturated/α-hetero) is 1. The number of hydrogen-bond donors (Lipinski definition) is 0. The van der Waals surface area contributed by atoms with Crippen molar-refractivity contribution >= 4 is 5.78 Å². The van der Waals surface area contributed by atoms with Crippen molar-refractivity contribution in [2.75, 3.05) is 13.6 Å². The number of nitrogens with zero attached hydrogens (tertiary/aromatic N) is 6. The molecule has 3 aromatic rings. The van der Waals surface area contributed by atoms with Gasteiger partial charge in [-0.05, 0) is 65.5 Å². The summed E-state index contributed by atoms with van der Waals surface area (Å²) in [5.74, 6) is 1.99. The van der Waals surface area contributed by atoms with Crippen molar-refractivity contribution in [2.45, 2.75) is 82.3 Å². The summed E-state index contributed by atoms with van der Waals surface area (Å²) in [5, 5.41) is 4.40. The van der Waals surface area contributed by atoms with Crippen LogP contribution in [0.5, 0.6) is 5.88 Å². The number of aromatic nitrogens is 5. The van der Waals surface area contributed by atoms with Crippen LogP contribution < -0.4 is 10.3 Å². The molecule has 194 valence electrons. The second-order valence-electron chi connectivity index (χ2n) is 10.6. The molecular formula is C27H32N6O4. The van der Waals surface area contributed by atoms with Gasteiger partial charge in [-0.15, -0.1) is 0 Å². The van der Waals surface area contributed by atoms with Gasteiger partial charge in [0.1, 0.15) is 17.7 Å². The van der Waals surface area contributed by atoms with Crippen LogP contribution in [-0.4, -0.2) is 61.1 Å². The minimum absolute atomic E-state index is 0.105. The van der Waals surface area contributed by atoms with Crippen molar-refractivity contribution in [3.63, 3.8) is 0 Å². The second kappa shape index (κ2) is 9.48. The molecule has 3 aromatic heterocycles. The summed E-state index contributed by atoms with van der Waals surface area (Å²) >= 11 is 0. The SMILES string of the molecule is C[C@H](Oc1cc(-n2ccncc2=O)nc(-c2noc3c2CCC[C@@]32CCCCC2=O)n1)[C@@H]1CCCN1C. The molecule has 3 aliphatic rings. The van der Waals surface area contributed by atoms with Gasteiger partial charge in [0, 0.05) is 36.5 Å². The highest BCUT2D eigenvalue weighted by Crippen LogP contribution is 2.47. The van der Waals surface area contributed by atoms with Crippen LogP contribution in [-0.2, 0) is 16.6 Å². The first-order valence-corrected chi connectivity index (χ1v) is 13.3. The molecule has 0 aromatic carbocycles. The average molecular weight is 505 g/mol. The van der Waals surface area contributed by atoms with Crippen molar-refractivity contribution in [3.8, 4) is 23.2 Å². The number of likely N-dealkylation sites (tertiary alicyclic amines) is 1. The molecule has 1 spiro atoms. The zero-order chi connectivity index (χ0) is 25.6. The molecule has 3 atom stereocenters. The lowest BCUT2D eigenvalue weighted by Gasteiger charge is -2.36. The molecule has 6 rings (SSSR count). The molecule has 4 heterocycles. The standard InChI is InChI=1S/C27H32N6O4/c1-17(19-8-6-13-32(19)2)36-22-15-21(33-14-12-28-16-23(33)35)29-26(30-22)24-18-7-5-11-27(25(18)37-31-24)10-4-3-9-20(27)34/h12,14-17,19H,3-11,13H2,1-2H3/t17-,19-,27+/m0/s1. The summed E-state index contributed by atoms with van der Waals surface area (Å²) in [6.45, 7) is 3.08. The van der Waals surface area contributed by atoms with Crippen molar-refractivity contribution in [3.05, 3.63) is 46.3 Å². The number of ether oxygens (including phenoxy) is 1. The first-order chi connectivity index (χ1) is 18.0. The Balaban J connectivity index is 1.44. The van der Waals surface area contributed by atoms with Gasteiger partial charge in [-0.1, -0.05) is 11.6 Å². The number of likely N-dealkylation sites (N-methyl/N-ethyl adjacent to an activating group) is 1. The summed E-state index contributed by atoms with van der Waals surface area (Å²) in [4.78, 5) is 41.4. The molecule has 10 heteroatoms. The Bertz CT molecular complexity index is 1380.